The van der Waals surface area contributed by atoms with Gasteiger partial charge in [-0.15, -0.1) is 0 Å². The molecule has 7 nitrogen and oxygen atoms in total. The summed E-state index contributed by atoms with van der Waals surface area (Å²) in [5.41, 5.74) is 1.77. The molecule has 0 aromatic heterocycles. The molecule has 0 saturated carbocycles. The van der Waals surface area contributed by atoms with Crippen LogP contribution in [0.15, 0.2) is 77.7 Å². The second kappa shape index (κ2) is 10.1. The zero-order valence-electron chi connectivity index (χ0n) is 17.2. The van der Waals surface area contributed by atoms with Crippen LogP contribution in [0.25, 0.3) is 0 Å². The maximum absolute atomic E-state index is 13.0. The van der Waals surface area contributed by atoms with E-state index in [1.807, 2.05) is 25.1 Å². The fourth-order valence-electron chi connectivity index (χ4n) is 2.80. The van der Waals surface area contributed by atoms with E-state index in [1.165, 1.54) is 30.3 Å². The first kappa shape index (κ1) is 23.0. The van der Waals surface area contributed by atoms with E-state index in [9.17, 15) is 22.4 Å². The summed E-state index contributed by atoms with van der Waals surface area (Å²) in [6.45, 7) is 1.46. The summed E-state index contributed by atoms with van der Waals surface area (Å²) < 4.78 is 45.5. The number of amides is 1. The lowest BCUT2D eigenvalue weighted by atomic mass is 10.1. The van der Waals surface area contributed by atoms with E-state index in [0.717, 1.165) is 30.2 Å². The van der Waals surface area contributed by atoms with Crippen LogP contribution in [0.4, 0.5) is 15.8 Å². The van der Waals surface area contributed by atoms with Crippen LogP contribution in [0, 0.1) is 5.82 Å². The minimum absolute atomic E-state index is 0.0345. The van der Waals surface area contributed by atoms with Gasteiger partial charge in [-0.2, -0.15) is 0 Å². The first-order chi connectivity index (χ1) is 15.3. The second-order valence-electron chi connectivity index (χ2n) is 6.82. The largest absolute Gasteiger partial charge is 0.452 e. The fraction of sp³-hybridized carbons (Fsp3) is 0.130. The smallest absolute Gasteiger partial charge is 0.338 e. The van der Waals surface area contributed by atoms with Crippen molar-refractivity contribution in [3.05, 3.63) is 89.7 Å². The Morgan fingerprint density at radius 3 is 2.38 bits per heavy atom. The van der Waals surface area contributed by atoms with Gasteiger partial charge in [-0.25, -0.2) is 17.6 Å². The molecule has 0 unspecified atom stereocenters. The van der Waals surface area contributed by atoms with Gasteiger partial charge in [0.15, 0.2) is 6.61 Å². The Balaban J connectivity index is 1.63. The topological polar surface area (TPSA) is 102 Å². The van der Waals surface area contributed by atoms with Gasteiger partial charge in [-0.05, 0) is 66.6 Å². The maximum atomic E-state index is 13.0. The molecule has 0 aliphatic heterocycles. The van der Waals surface area contributed by atoms with Crippen LogP contribution >= 0.6 is 0 Å². The predicted octanol–water partition coefficient (Wildman–Crippen LogP) is 3.98. The molecule has 32 heavy (non-hydrogen) atoms. The number of anilines is 2. The third-order valence-electron chi connectivity index (χ3n) is 4.43. The Morgan fingerprint density at radius 2 is 1.66 bits per heavy atom. The number of benzene rings is 3. The van der Waals surface area contributed by atoms with Crippen LogP contribution in [0.2, 0.25) is 0 Å². The summed E-state index contributed by atoms with van der Waals surface area (Å²) in [7, 11) is -4.02. The number of carbonyl (C=O) groups is 2. The van der Waals surface area contributed by atoms with Gasteiger partial charge in [0, 0.05) is 11.4 Å². The third-order valence-corrected chi connectivity index (χ3v) is 5.81. The van der Waals surface area contributed by atoms with E-state index in [4.69, 9.17) is 4.74 Å². The number of halogens is 1. The van der Waals surface area contributed by atoms with E-state index in [2.05, 4.69) is 10.0 Å². The number of carbonyl (C=O) groups excluding carboxylic acids is 2. The number of rotatable bonds is 8. The summed E-state index contributed by atoms with van der Waals surface area (Å²) >= 11 is 0. The highest BCUT2D eigenvalue weighted by atomic mass is 32.2. The molecule has 0 aliphatic rings. The minimum atomic E-state index is -4.02. The minimum Gasteiger partial charge on any atom is -0.452 e. The van der Waals surface area contributed by atoms with Crippen molar-refractivity contribution in [1.82, 2.24) is 0 Å². The van der Waals surface area contributed by atoms with Gasteiger partial charge < -0.3 is 10.1 Å². The van der Waals surface area contributed by atoms with Crippen molar-refractivity contribution in [3.63, 3.8) is 0 Å². The molecule has 0 heterocycles. The van der Waals surface area contributed by atoms with Gasteiger partial charge in [0.25, 0.3) is 15.9 Å². The highest BCUT2D eigenvalue weighted by molar-refractivity contribution is 7.92. The number of aryl methyl sites for hydroxylation is 1. The zero-order valence-corrected chi connectivity index (χ0v) is 18.0. The van der Waals surface area contributed by atoms with Crippen LogP contribution in [0.3, 0.4) is 0 Å². The van der Waals surface area contributed by atoms with E-state index in [0.29, 0.717) is 5.69 Å². The quantitative estimate of drug-likeness (QED) is 0.499. The molecule has 2 N–H and O–H groups in total. The van der Waals surface area contributed by atoms with E-state index >= 15 is 0 Å². The maximum Gasteiger partial charge on any atom is 0.338 e. The molecule has 3 aromatic rings. The molecular weight excluding hydrogens is 435 g/mol. The van der Waals surface area contributed by atoms with Gasteiger partial charge in [0.05, 0.1) is 10.5 Å². The fourth-order valence-corrected chi connectivity index (χ4v) is 3.91. The summed E-state index contributed by atoms with van der Waals surface area (Å²) in [6, 6.07) is 17.3. The number of sulfonamides is 1. The van der Waals surface area contributed by atoms with Crippen LogP contribution in [0.1, 0.15) is 22.8 Å². The summed E-state index contributed by atoms with van der Waals surface area (Å²) in [6.07, 6.45) is 0.813. The lowest BCUT2D eigenvalue weighted by Crippen LogP contribution is -2.21. The molecule has 9 heteroatoms. The van der Waals surface area contributed by atoms with Crippen LogP contribution < -0.4 is 10.0 Å². The van der Waals surface area contributed by atoms with Gasteiger partial charge in [-0.3, -0.25) is 9.52 Å². The molecule has 0 radical (unpaired) electrons. The van der Waals surface area contributed by atoms with Gasteiger partial charge in [0.2, 0.25) is 0 Å². The Morgan fingerprint density at radius 1 is 0.938 bits per heavy atom. The lowest BCUT2D eigenvalue weighted by Gasteiger charge is -2.10. The van der Waals surface area contributed by atoms with Crippen LogP contribution in [0.5, 0.6) is 0 Å². The average molecular weight is 456 g/mol. The van der Waals surface area contributed by atoms with Crippen LogP contribution in [-0.2, 0) is 26.0 Å². The highest BCUT2D eigenvalue weighted by Crippen LogP contribution is 2.18. The third kappa shape index (κ3) is 6.14. The van der Waals surface area contributed by atoms with E-state index in [1.54, 1.807) is 6.07 Å². The summed E-state index contributed by atoms with van der Waals surface area (Å²) in [5.74, 6) is -1.87. The van der Waals surface area contributed by atoms with Crippen molar-refractivity contribution in [2.75, 3.05) is 16.6 Å². The molecule has 0 atom stereocenters. The monoisotopic (exact) mass is 456 g/mol. The number of hydrogen-bond donors (Lipinski definition) is 2. The molecule has 3 aromatic carbocycles. The van der Waals surface area contributed by atoms with Crippen molar-refractivity contribution >= 4 is 33.3 Å². The van der Waals surface area contributed by atoms with Crippen molar-refractivity contribution in [3.8, 4) is 0 Å². The normalized spacial score (nSPS) is 10.9. The number of ether oxygens (including phenoxy) is 1. The van der Waals surface area contributed by atoms with Crippen LogP contribution in [-0.4, -0.2) is 26.9 Å². The Bertz CT molecular complexity index is 1230. The van der Waals surface area contributed by atoms with Gasteiger partial charge >= 0.3 is 5.97 Å². The zero-order chi connectivity index (χ0) is 23.1. The van der Waals surface area contributed by atoms with E-state index in [-0.39, 0.29) is 16.1 Å². The molecule has 0 bridgehead atoms. The molecular formula is C23H21FN2O5S. The molecule has 1 amide bonds. The molecule has 0 aliphatic carbocycles. The average Bonchev–Trinajstić information content (AvgIpc) is 2.79. The molecule has 0 fully saturated rings. The molecule has 166 valence electrons. The standard InChI is InChI=1S/C23H21FN2O5S/c1-2-16-5-3-7-20(13-16)25-22(27)15-31-23(28)17-6-4-8-21(14-17)32(29,30)26-19-11-9-18(24)10-12-19/h3-14,26H,2,15H2,1H3,(H,25,27). The summed E-state index contributed by atoms with van der Waals surface area (Å²) in [5, 5.41) is 2.64. The Kier molecular flexibility index (Phi) is 7.21. The number of esters is 1. The molecule has 3 rings (SSSR count). The number of nitrogens with one attached hydrogen (secondary N) is 2. The first-order valence-corrected chi connectivity index (χ1v) is 11.2. The first-order valence-electron chi connectivity index (χ1n) is 9.71. The molecule has 0 spiro atoms. The van der Waals surface area contributed by atoms with Crippen molar-refractivity contribution in [2.24, 2.45) is 0 Å². The van der Waals surface area contributed by atoms with Crippen molar-refractivity contribution in [1.29, 1.82) is 0 Å². The van der Waals surface area contributed by atoms with Gasteiger partial charge in [-0.1, -0.05) is 25.1 Å². The van der Waals surface area contributed by atoms with Crippen molar-refractivity contribution < 1.29 is 27.1 Å². The number of hydrogen-bond acceptors (Lipinski definition) is 5. The summed E-state index contributed by atoms with van der Waals surface area (Å²) in [4.78, 5) is 24.2. The molecule has 0 saturated heterocycles. The van der Waals surface area contributed by atoms with E-state index < -0.39 is 34.3 Å². The second-order valence-corrected chi connectivity index (χ2v) is 8.50. The van der Waals surface area contributed by atoms with Crippen molar-refractivity contribution in [2.45, 2.75) is 18.2 Å². The SMILES string of the molecule is CCc1cccc(NC(=O)COC(=O)c2cccc(S(=O)(=O)Nc3ccc(F)cc3)c2)c1. The lowest BCUT2D eigenvalue weighted by molar-refractivity contribution is -0.119. The Hall–Kier alpha value is -3.72. The highest BCUT2D eigenvalue weighted by Gasteiger charge is 2.18. The predicted molar refractivity (Wildman–Crippen MR) is 118 cm³/mol. The Labute approximate surface area is 185 Å². The van der Waals surface area contributed by atoms with Gasteiger partial charge in [0.1, 0.15) is 5.82 Å².